The molecule has 0 heterocycles. The Balaban J connectivity index is 2.81. The first-order chi connectivity index (χ1) is 6.67. The topological polar surface area (TPSA) is 76.4 Å². The quantitative estimate of drug-likeness (QED) is 0.396. The first-order valence-corrected chi connectivity index (χ1v) is 4.16. The van der Waals surface area contributed by atoms with Gasteiger partial charge >= 0.3 is 6.03 Å². The van der Waals surface area contributed by atoms with Crippen LogP contribution in [-0.2, 0) is 0 Å². The molecule has 1 aromatic carbocycles. The molecular formula is C8H10ClN3O2. The third-order valence-electron chi connectivity index (χ3n) is 1.54. The number of hydrogen-bond acceptors (Lipinski definition) is 3. The first-order valence-electron chi connectivity index (χ1n) is 3.78. The summed E-state index contributed by atoms with van der Waals surface area (Å²) in [6.07, 6.45) is 0. The van der Waals surface area contributed by atoms with E-state index >= 15 is 0 Å². The van der Waals surface area contributed by atoms with E-state index in [0.29, 0.717) is 16.5 Å². The van der Waals surface area contributed by atoms with Gasteiger partial charge in [0.1, 0.15) is 5.75 Å². The molecule has 0 fully saturated rings. The van der Waals surface area contributed by atoms with Gasteiger partial charge in [0, 0.05) is 5.69 Å². The van der Waals surface area contributed by atoms with Gasteiger partial charge in [0.05, 0.1) is 12.1 Å². The van der Waals surface area contributed by atoms with Gasteiger partial charge in [-0.25, -0.2) is 10.6 Å². The Morgan fingerprint density at radius 2 is 2.29 bits per heavy atom. The Labute approximate surface area is 86.1 Å². The molecule has 2 amide bonds. The highest BCUT2D eigenvalue weighted by atomic mass is 35.5. The molecule has 5 nitrogen and oxygen atoms in total. The molecule has 6 heteroatoms. The fourth-order valence-corrected chi connectivity index (χ4v) is 1.17. The van der Waals surface area contributed by atoms with Crippen LogP contribution in [0.2, 0.25) is 5.02 Å². The van der Waals surface area contributed by atoms with E-state index in [1.807, 2.05) is 5.43 Å². The smallest absolute Gasteiger partial charge is 0.333 e. The van der Waals surface area contributed by atoms with Crippen molar-refractivity contribution < 1.29 is 9.53 Å². The third-order valence-corrected chi connectivity index (χ3v) is 1.84. The molecule has 76 valence electrons. The second kappa shape index (κ2) is 4.69. The molecule has 0 bridgehead atoms. The monoisotopic (exact) mass is 215 g/mol. The van der Waals surface area contributed by atoms with Gasteiger partial charge in [-0.15, -0.1) is 0 Å². The summed E-state index contributed by atoms with van der Waals surface area (Å²) in [6.45, 7) is 0. The van der Waals surface area contributed by atoms with E-state index in [4.69, 9.17) is 22.2 Å². The number of ether oxygens (including phenoxy) is 1. The maximum atomic E-state index is 10.8. The fraction of sp³-hybridized carbons (Fsp3) is 0.125. The lowest BCUT2D eigenvalue weighted by Crippen LogP contribution is -2.34. The largest absolute Gasteiger partial charge is 0.495 e. The Morgan fingerprint density at radius 1 is 1.57 bits per heavy atom. The van der Waals surface area contributed by atoms with Crippen LogP contribution in [0.3, 0.4) is 0 Å². The Morgan fingerprint density at radius 3 is 2.79 bits per heavy atom. The summed E-state index contributed by atoms with van der Waals surface area (Å²) >= 11 is 5.83. The molecule has 14 heavy (non-hydrogen) atoms. The molecule has 0 unspecified atom stereocenters. The van der Waals surface area contributed by atoms with Crippen molar-refractivity contribution in [3.63, 3.8) is 0 Å². The molecular weight excluding hydrogens is 206 g/mol. The normalized spacial score (nSPS) is 9.36. The van der Waals surface area contributed by atoms with E-state index < -0.39 is 6.03 Å². The van der Waals surface area contributed by atoms with Crippen LogP contribution in [0.15, 0.2) is 18.2 Å². The lowest BCUT2D eigenvalue weighted by atomic mass is 10.3. The van der Waals surface area contributed by atoms with Crippen molar-refractivity contribution in [2.75, 3.05) is 12.4 Å². The molecule has 1 rings (SSSR count). The van der Waals surface area contributed by atoms with Crippen molar-refractivity contribution in [2.24, 2.45) is 5.84 Å². The summed E-state index contributed by atoms with van der Waals surface area (Å²) in [6, 6.07) is 4.36. The summed E-state index contributed by atoms with van der Waals surface area (Å²) in [5, 5.41) is 2.89. The number of nitrogens with one attached hydrogen (secondary N) is 2. The minimum atomic E-state index is -0.508. The average Bonchev–Trinajstić information content (AvgIpc) is 2.18. The van der Waals surface area contributed by atoms with E-state index in [1.165, 1.54) is 7.11 Å². The van der Waals surface area contributed by atoms with Crippen molar-refractivity contribution in [1.29, 1.82) is 0 Å². The molecule has 0 aliphatic rings. The SMILES string of the molecule is COc1ccc(NC(=O)NN)cc1Cl. The first kappa shape index (κ1) is 10.6. The average molecular weight is 216 g/mol. The second-order valence-corrected chi connectivity index (χ2v) is 2.85. The van der Waals surface area contributed by atoms with Gasteiger partial charge in [-0.1, -0.05) is 11.6 Å². The summed E-state index contributed by atoms with van der Waals surface area (Å²) < 4.78 is 4.95. The number of carbonyl (C=O) groups is 1. The van der Waals surface area contributed by atoms with Gasteiger partial charge in [-0.3, -0.25) is 5.43 Å². The van der Waals surface area contributed by atoms with Crippen LogP contribution >= 0.6 is 11.6 Å². The third kappa shape index (κ3) is 2.51. The summed E-state index contributed by atoms with van der Waals surface area (Å²) in [7, 11) is 1.51. The number of benzene rings is 1. The summed E-state index contributed by atoms with van der Waals surface area (Å²) in [5.74, 6) is 5.44. The zero-order valence-electron chi connectivity index (χ0n) is 7.50. The van der Waals surface area contributed by atoms with Crippen molar-refractivity contribution in [1.82, 2.24) is 5.43 Å². The number of hydrazine groups is 1. The molecule has 1 aromatic rings. The number of amides is 2. The highest BCUT2D eigenvalue weighted by Crippen LogP contribution is 2.26. The highest BCUT2D eigenvalue weighted by Gasteiger charge is 2.03. The second-order valence-electron chi connectivity index (χ2n) is 2.45. The molecule has 0 atom stereocenters. The zero-order chi connectivity index (χ0) is 10.6. The van der Waals surface area contributed by atoms with Crippen molar-refractivity contribution in [3.05, 3.63) is 23.2 Å². The Hall–Kier alpha value is -1.46. The maximum absolute atomic E-state index is 10.8. The Kier molecular flexibility index (Phi) is 3.55. The van der Waals surface area contributed by atoms with Crippen molar-refractivity contribution >= 4 is 23.3 Å². The minimum Gasteiger partial charge on any atom is -0.495 e. The molecule has 4 N–H and O–H groups in total. The van der Waals surface area contributed by atoms with Crippen LogP contribution in [0.1, 0.15) is 0 Å². The highest BCUT2D eigenvalue weighted by molar-refractivity contribution is 6.32. The number of urea groups is 1. The van der Waals surface area contributed by atoms with Crippen LogP contribution < -0.4 is 21.3 Å². The number of methoxy groups -OCH3 is 1. The summed E-state index contributed by atoms with van der Waals surface area (Å²) in [5.41, 5.74) is 2.48. The molecule has 0 saturated carbocycles. The molecule has 0 aliphatic heterocycles. The zero-order valence-corrected chi connectivity index (χ0v) is 8.26. The molecule has 0 aliphatic carbocycles. The Bertz CT molecular complexity index is 343. The van der Waals surface area contributed by atoms with Crippen molar-refractivity contribution in [2.45, 2.75) is 0 Å². The van der Waals surface area contributed by atoms with Crippen LogP contribution in [0.5, 0.6) is 5.75 Å². The van der Waals surface area contributed by atoms with Crippen LogP contribution in [0, 0.1) is 0 Å². The van der Waals surface area contributed by atoms with Gasteiger partial charge in [0.25, 0.3) is 0 Å². The standard InChI is InChI=1S/C8H10ClN3O2/c1-14-7-3-2-5(4-6(7)9)11-8(13)12-10/h2-4H,10H2,1H3,(H2,11,12,13). The number of carbonyl (C=O) groups excluding carboxylic acids is 1. The van der Waals surface area contributed by atoms with Crippen LogP contribution in [0.4, 0.5) is 10.5 Å². The molecule has 0 aromatic heterocycles. The lowest BCUT2D eigenvalue weighted by Gasteiger charge is -2.06. The number of anilines is 1. The van der Waals surface area contributed by atoms with Gasteiger partial charge < -0.3 is 10.1 Å². The minimum absolute atomic E-state index is 0.419. The predicted octanol–water partition coefficient (Wildman–Crippen LogP) is 1.34. The van der Waals surface area contributed by atoms with Gasteiger partial charge in [0.15, 0.2) is 0 Å². The molecule has 0 radical (unpaired) electrons. The van der Waals surface area contributed by atoms with E-state index in [0.717, 1.165) is 0 Å². The van der Waals surface area contributed by atoms with E-state index in [9.17, 15) is 4.79 Å². The van der Waals surface area contributed by atoms with Gasteiger partial charge in [-0.05, 0) is 18.2 Å². The number of hydrogen-bond donors (Lipinski definition) is 3. The van der Waals surface area contributed by atoms with E-state index in [2.05, 4.69) is 5.32 Å². The predicted molar refractivity (Wildman–Crippen MR) is 54.3 cm³/mol. The van der Waals surface area contributed by atoms with Gasteiger partial charge in [0.2, 0.25) is 0 Å². The summed E-state index contributed by atoms with van der Waals surface area (Å²) in [4.78, 5) is 10.8. The molecule has 0 spiro atoms. The lowest BCUT2D eigenvalue weighted by molar-refractivity contribution is 0.252. The maximum Gasteiger partial charge on any atom is 0.333 e. The van der Waals surface area contributed by atoms with E-state index in [-0.39, 0.29) is 0 Å². The van der Waals surface area contributed by atoms with Gasteiger partial charge in [-0.2, -0.15) is 0 Å². The number of halogens is 1. The van der Waals surface area contributed by atoms with Crippen LogP contribution in [0.25, 0.3) is 0 Å². The number of nitrogens with two attached hydrogens (primary N) is 1. The van der Waals surface area contributed by atoms with Crippen molar-refractivity contribution in [3.8, 4) is 5.75 Å². The number of rotatable bonds is 2. The fourth-order valence-electron chi connectivity index (χ4n) is 0.911. The van der Waals surface area contributed by atoms with Crippen LogP contribution in [-0.4, -0.2) is 13.1 Å². The molecule has 0 saturated heterocycles. The van der Waals surface area contributed by atoms with E-state index in [1.54, 1.807) is 18.2 Å².